The molecule has 0 aliphatic carbocycles. The van der Waals surface area contributed by atoms with Gasteiger partial charge in [0.05, 0.1) is 9.95 Å². The Hall–Kier alpha value is -1.33. The van der Waals surface area contributed by atoms with Crippen molar-refractivity contribution >= 4 is 34.8 Å². The summed E-state index contributed by atoms with van der Waals surface area (Å²) in [7, 11) is 0. The van der Waals surface area contributed by atoms with E-state index in [0.717, 1.165) is 6.42 Å². The van der Waals surface area contributed by atoms with Crippen LogP contribution in [0.2, 0.25) is 5.02 Å². The average Bonchev–Trinajstić information content (AvgIpc) is 2.78. The first kappa shape index (κ1) is 15.1. The van der Waals surface area contributed by atoms with E-state index in [9.17, 15) is 14.9 Å². The van der Waals surface area contributed by atoms with E-state index in [2.05, 4.69) is 0 Å². The highest BCUT2D eigenvalue weighted by molar-refractivity contribution is 6.34. The lowest BCUT2D eigenvalue weighted by Crippen LogP contribution is -2.39. The van der Waals surface area contributed by atoms with Crippen molar-refractivity contribution in [1.29, 1.82) is 0 Å². The quantitative estimate of drug-likeness (QED) is 0.488. The third kappa shape index (κ3) is 2.60. The summed E-state index contributed by atoms with van der Waals surface area (Å²) in [5.41, 5.74) is -0.321. The second kappa shape index (κ2) is 5.97. The van der Waals surface area contributed by atoms with Crippen LogP contribution in [0.1, 0.15) is 23.7 Å². The van der Waals surface area contributed by atoms with Crippen LogP contribution in [0.5, 0.6) is 0 Å². The number of rotatable bonds is 3. The zero-order valence-electron chi connectivity index (χ0n) is 10.9. The highest BCUT2D eigenvalue weighted by Gasteiger charge is 2.37. The number of halogens is 2. The van der Waals surface area contributed by atoms with Crippen LogP contribution in [0.25, 0.3) is 0 Å². The van der Waals surface area contributed by atoms with Crippen LogP contribution in [0.15, 0.2) is 18.2 Å². The minimum atomic E-state index is -0.589. The molecule has 1 aromatic rings. The van der Waals surface area contributed by atoms with Crippen molar-refractivity contribution in [3.05, 3.63) is 38.9 Å². The van der Waals surface area contributed by atoms with E-state index < -0.39 is 10.8 Å². The van der Waals surface area contributed by atoms with Crippen molar-refractivity contribution in [1.82, 2.24) is 4.90 Å². The zero-order valence-corrected chi connectivity index (χ0v) is 12.4. The van der Waals surface area contributed by atoms with Crippen LogP contribution >= 0.6 is 23.2 Å². The van der Waals surface area contributed by atoms with Gasteiger partial charge in [-0.1, -0.05) is 24.6 Å². The van der Waals surface area contributed by atoms with Crippen LogP contribution in [0.3, 0.4) is 0 Å². The number of hydrogen-bond acceptors (Lipinski definition) is 3. The molecule has 20 heavy (non-hydrogen) atoms. The van der Waals surface area contributed by atoms with Gasteiger partial charge in [0.2, 0.25) is 0 Å². The van der Waals surface area contributed by atoms with Crippen molar-refractivity contribution < 1.29 is 9.72 Å². The molecular weight excluding hydrogens is 303 g/mol. The first-order valence-corrected chi connectivity index (χ1v) is 7.18. The molecule has 0 saturated carbocycles. The van der Waals surface area contributed by atoms with E-state index in [4.69, 9.17) is 23.2 Å². The Morgan fingerprint density at radius 3 is 2.85 bits per heavy atom. The molecule has 1 aliphatic heterocycles. The zero-order chi connectivity index (χ0) is 14.9. The SMILES string of the molecule is CC1CCN(C(=O)c2c(Cl)cccc2[N+](=O)[O-])C1CCl. The van der Waals surface area contributed by atoms with Crippen molar-refractivity contribution in [2.75, 3.05) is 12.4 Å². The van der Waals surface area contributed by atoms with E-state index in [1.807, 2.05) is 6.92 Å². The lowest BCUT2D eigenvalue weighted by molar-refractivity contribution is -0.385. The fraction of sp³-hybridized carbons (Fsp3) is 0.462. The Kier molecular flexibility index (Phi) is 4.50. The first-order chi connectivity index (χ1) is 9.47. The number of benzene rings is 1. The van der Waals surface area contributed by atoms with Gasteiger partial charge in [-0.3, -0.25) is 14.9 Å². The summed E-state index contributed by atoms with van der Waals surface area (Å²) in [6.45, 7) is 2.56. The summed E-state index contributed by atoms with van der Waals surface area (Å²) >= 11 is 11.9. The minimum absolute atomic E-state index is 0.0524. The number of nitrogens with zero attached hydrogens (tertiary/aromatic N) is 2. The molecule has 0 spiro atoms. The molecule has 1 heterocycles. The topological polar surface area (TPSA) is 63.5 Å². The van der Waals surface area contributed by atoms with E-state index in [-0.39, 0.29) is 28.2 Å². The fourth-order valence-corrected chi connectivity index (χ4v) is 3.24. The second-order valence-corrected chi connectivity index (χ2v) is 5.59. The lowest BCUT2D eigenvalue weighted by Gasteiger charge is -2.25. The summed E-state index contributed by atoms with van der Waals surface area (Å²) in [6.07, 6.45) is 0.835. The van der Waals surface area contributed by atoms with E-state index in [1.54, 1.807) is 4.90 Å². The maximum atomic E-state index is 12.6. The first-order valence-electron chi connectivity index (χ1n) is 6.27. The molecule has 2 unspecified atom stereocenters. The van der Waals surface area contributed by atoms with Crippen molar-refractivity contribution in [3.63, 3.8) is 0 Å². The average molecular weight is 317 g/mol. The number of nitro groups is 1. The van der Waals surface area contributed by atoms with Gasteiger partial charge in [0, 0.05) is 24.5 Å². The lowest BCUT2D eigenvalue weighted by atomic mass is 10.0. The largest absolute Gasteiger partial charge is 0.334 e. The summed E-state index contributed by atoms with van der Waals surface area (Å²) in [6, 6.07) is 4.12. The minimum Gasteiger partial charge on any atom is -0.334 e. The Bertz CT molecular complexity index is 550. The summed E-state index contributed by atoms with van der Waals surface area (Å²) in [4.78, 5) is 24.6. The molecule has 1 saturated heterocycles. The standard InChI is InChI=1S/C13H14Cl2N2O3/c1-8-5-6-16(11(8)7-14)13(18)12-9(15)3-2-4-10(12)17(19)20/h2-4,8,11H,5-7H2,1H3. The van der Waals surface area contributed by atoms with Gasteiger partial charge >= 0.3 is 0 Å². The molecule has 7 heteroatoms. The maximum absolute atomic E-state index is 12.6. The Morgan fingerprint density at radius 2 is 2.25 bits per heavy atom. The summed E-state index contributed by atoms with van der Waals surface area (Å²) < 4.78 is 0. The highest BCUT2D eigenvalue weighted by atomic mass is 35.5. The number of hydrogen-bond donors (Lipinski definition) is 0. The Morgan fingerprint density at radius 1 is 1.55 bits per heavy atom. The van der Waals surface area contributed by atoms with Crippen molar-refractivity contribution in [3.8, 4) is 0 Å². The number of amides is 1. The molecule has 1 aromatic carbocycles. The van der Waals surface area contributed by atoms with Crippen LogP contribution in [0.4, 0.5) is 5.69 Å². The molecule has 0 radical (unpaired) electrons. The molecule has 5 nitrogen and oxygen atoms in total. The molecular formula is C13H14Cl2N2O3. The molecule has 2 rings (SSSR count). The monoisotopic (exact) mass is 316 g/mol. The molecule has 0 aromatic heterocycles. The van der Waals surface area contributed by atoms with Crippen LogP contribution in [0, 0.1) is 16.0 Å². The summed E-state index contributed by atoms with van der Waals surface area (Å²) in [5.74, 6) is 0.167. The van der Waals surface area contributed by atoms with Crippen LogP contribution in [-0.4, -0.2) is 34.2 Å². The third-order valence-corrected chi connectivity index (χ3v) is 4.33. The van der Waals surface area contributed by atoms with E-state index >= 15 is 0 Å². The van der Waals surface area contributed by atoms with Crippen LogP contribution in [-0.2, 0) is 0 Å². The van der Waals surface area contributed by atoms with Gasteiger partial charge in [-0.25, -0.2) is 0 Å². The van der Waals surface area contributed by atoms with Crippen molar-refractivity contribution in [2.24, 2.45) is 5.92 Å². The smallest absolute Gasteiger partial charge is 0.283 e. The molecule has 2 atom stereocenters. The highest BCUT2D eigenvalue weighted by Crippen LogP contribution is 2.32. The molecule has 108 valence electrons. The van der Waals surface area contributed by atoms with Crippen LogP contribution < -0.4 is 0 Å². The number of nitro benzene ring substituents is 1. The molecule has 0 bridgehead atoms. The Labute approximate surface area is 126 Å². The summed E-state index contributed by atoms with van der Waals surface area (Å²) in [5, 5.41) is 11.2. The Balaban J connectivity index is 2.41. The predicted molar refractivity (Wildman–Crippen MR) is 77.4 cm³/mol. The number of likely N-dealkylation sites (tertiary alicyclic amines) is 1. The molecule has 1 aliphatic rings. The number of carbonyl (C=O) groups is 1. The normalized spacial score (nSPS) is 22.1. The second-order valence-electron chi connectivity index (χ2n) is 4.88. The number of alkyl halides is 1. The third-order valence-electron chi connectivity index (χ3n) is 3.70. The predicted octanol–water partition coefficient (Wildman–Crippen LogP) is 3.34. The van der Waals surface area contributed by atoms with Gasteiger partial charge < -0.3 is 4.90 Å². The molecule has 1 amide bonds. The molecule has 1 fully saturated rings. The van der Waals surface area contributed by atoms with E-state index in [1.165, 1.54) is 18.2 Å². The van der Waals surface area contributed by atoms with Gasteiger partial charge in [0.1, 0.15) is 5.56 Å². The fourth-order valence-electron chi connectivity index (χ4n) is 2.52. The molecule has 0 N–H and O–H groups in total. The van der Waals surface area contributed by atoms with Gasteiger partial charge in [-0.05, 0) is 18.4 Å². The van der Waals surface area contributed by atoms with Crippen molar-refractivity contribution in [2.45, 2.75) is 19.4 Å². The van der Waals surface area contributed by atoms with Gasteiger partial charge in [0.15, 0.2) is 0 Å². The van der Waals surface area contributed by atoms with Gasteiger partial charge in [0.25, 0.3) is 11.6 Å². The van der Waals surface area contributed by atoms with Gasteiger partial charge in [-0.2, -0.15) is 0 Å². The van der Waals surface area contributed by atoms with Gasteiger partial charge in [-0.15, -0.1) is 11.6 Å². The van der Waals surface area contributed by atoms with E-state index in [0.29, 0.717) is 12.4 Å². The number of carbonyl (C=O) groups excluding carboxylic acids is 1. The maximum Gasteiger partial charge on any atom is 0.283 e.